The zero-order valence-electron chi connectivity index (χ0n) is 7.83. The number of nitrogens with zero attached hydrogens (tertiary/aromatic N) is 1. The van der Waals surface area contributed by atoms with Crippen LogP contribution in [0.3, 0.4) is 0 Å². The molecule has 0 aromatic heterocycles. The molecule has 1 fully saturated rings. The Labute approximate surface area is 76.1 Å². The minimum Gasteiger partial charge on any atom is -0.324 e. The standard InChI is InChI=1S/C8H12N2O3/c1-4-6(5(2)11)7(12)9-8(13)10(4)3/h4,6H,1-3H3,(H,9,12,13). The van der Waals surface area contributed by atoms with Crippen LogP contribution in [0.15, 0.2) is 0 Å². The van der Waals surface area contributed by atoms with Crippen LogP contribution in [0.2, 0.25) is 0 Å². The van der Waals surface area contributed by atoms with E-state index in [-0.39, 0.29) is 11.8 Å². The van der Waals surface area contributed by atoms with E-state index in [0.29, 0.717) is 0 Å². The average Bonchev–Trinajstić information content (AvgIpc) is 1.99. The van der Waals surface area contributed by atoms with Crippen LogP contribution in [0.25, 0.3) is 0 Å². The first-order chi connectivity index (χ1) is 5.95. The van der Waals surface area contributed by atoms with Crippen LogP contribution in [0.1, 0.15) is 13.8 Å². The fourth-order valence-electron chi connectivity index (χ4n) is 1.42. The van der Waals surface area contributed by atoms with E-state index in [4.69, 9.17) is 0 Å². The second kappa shape index (κ2) is 3.16. The fourth-order valence-corrected chi connectivity index (χ4v) is 1.42. The number of imide groups is 1. The number of urea groups is 1. The number of ketones is 1. The molecule has 1 aliphatic rings. The molecule has 0 aromatic carbocycles. The molecule has 1 saturated heterocycles. The lowest BCUT2D eigenvalue weighted by Crippen LogP contribution is -2.59. The molecule has 0 bridgehead atoms. The molecule has 3 amide bonds. The van der Waals surface area contributed by atoms with E-state index in [0.717, 1.165) is 0 Å². The Morgan fingerprint density at radius 1 is 1.46 bits per heavy atom. The van der Waals surface area contributed by atoms with E-state index < -0.39 is 17.9 Å². The number of nitrogens with one attached hydrogen (secondary N) is 1. The van der Waals surface area contributed by atoms with Gasteiger partial charge in [0.2, 0.25) is 5.91 Å². The highest BCUT2D eigenvalue weighted by molar-refractivity contribution is 6.09. The summed E-state index contributed by atoms with van der Waals surface area (Å²) < 4.78 is 0. The number of hydrogen-bond acceptors (Lipinski definition) is 3. The maximum Gasteiger partial charge on any atom is 0.324 e. The van der Waals surface area contributed by atoms with Gasteiger partial charge >= 0.3 is 6.03 Å². The highest BCUT2D eigenvalue weighted by atomic mass is 16.2. The lowest BCUT2D eigenvalue weighted by atomic mass is 9.93. The van der Waals surface area contributed by atoms with Gasteiger partial charge in [-0.05, 0) is 13.8 Å². The van der Waals surface area contributed by atoms with Gasteiger partial charge in [-0.25, -0.2) is 4.79 Å². The largest absolute Gasteiger partial charge is 0.324 e. The smallest absolute Gasteiger partial charge is 0.324 e. The van der Waals surface area contributed by atoms with Crippen molar-refractivity contribution in [3.05, 3.63) is 0 Å². The Morgan fingerprint density at radius 3 is 2.46 bits per heavy atom. The number of carbonyl (C=O) groups is 3. The van der Waals surface area contributed by atoms with Gasteiger partial charge in [0.05, 0.1) is 0 Å². The quantitative estimate of drug-likeness (QED) is 0.572. The van der Waals surface area contributed by atoms with Gasteiger partial charge in [0.25, 0.3) is 0 Å². The summed E-state index contributed by atoms with van der Waals surface area (Å²) in [7, 11) is 1.56. The fraction of sp³-hybridized carbons (Fsp3) is 0.625. The van der Waals surface area contributed by atoms with Gasteiger partial charge < -0.3 is 4.90 Å². The molecule has 2 unspecified atom stereocenters. The Bertz CT molecular complexity index is 275. The van der Waals surface area contributed by atoms with Gasteiger partial charge in [0.15, 0.2) is 0 Å². The first-order valence-corrected chi connectivity index (χ1v) is 4.03. The summed E-state index contributed by atoms with van der Waals surface area (Å²) in [6, 6.07) is -0.811. The van der Waals surface area contributed by atoms with Gasteiger partial charge in [0, 0.05) is 13.1 Å². The topological polar surface area (TPSA) is 66.5 Å². The maximum atomic E-state index is 11.2. The lowest BCUT2D eigenvalue weighted by molar-refractivity contribution is -0.136. The van der Waals surface area contributed by atoms with Crippen molar-refractivity contribution < 1.29 is 14.4 Å². The second-order valence-electron chi connectivity index (χ2n) is 3.23. The van der Waals surface area contributed by atoms with Crippen LogP contribution in [0.5, 0.6) is 0 Å². The second-order valence-corrected chi connectivity index (χ2v) is 3.23. The van der Waals surface area contributed by atoms with Crippen LogP contribution in [-0.4, -0.2) is 35.7 Å². The van der Waals surface area contributed by atoms with Crippen molar-refractivity contribution in [3.8, 4) is 0 Å². The molecule has 13 heavy (non-hydrogen) atoms. The van der Waals surface area contributed by atoms with Crippen molar-refractivity contribution in [3.63, 3.8) is 0 Å². The van der Waals surface area contributed by atoms with E-state index in [1.165, 1.54) is 11.8 Å². The van der Waals surface area contributed by atoms with Crippen molar-refractivity contribution in [1.29, 1.82) is 0 Å². The minimum absolute atomic E-state index is 0.218. The molecule has 2 atom stereocenters. The summed E-state index contributed by atoms with van der Waals surface area (Å²) in [5.41, 5.74) is 0. The summed E-state index contributed by atoms with van der Waals surface area (Å²) in [6.45, 7) is 3.03. The SMILES string of the molecule is CC(=O)C1C(=O)NC(=O)N(C)C1C. The van der Waals surface area contributed by atoms with Gasteiger partial charge in [-0.2, -0.15) is 0 Å². The number of hydrogen-bond donors (Lipinski definition) is 1. The average molecular weight is 184 g/mol. The molecular formula is C8H12N2O3. The molecular weight excluding hydrogens is 172 g/mol. The monoisotopic (exact) mass is 184 g/mol. The lowest BCUT2D eigenvalue weighted by Gasteiger charge is -2.34. The zero-order chi connectivity index (χ0) is 10.2. The Kier molecular flexibility index (Phi) is 2.36. The van der Waals surface area contributed by atoms with Crippen LogP contribution < -0.4 is 5.32 Å². The van der Waals surface area contributed by atoms with E-state index in [1.54, 1.807) is 14.0 Å². The first kappa shape index (κ1) is 9.70. The Morgan fingerprint density at radius 2 is 2.00 bits per heavy atom. The molecule has 5 nitrogen and oxygen atoms in total. The van der Waals surface area contributed by atoms with Gasteiger partial charge in [-0.3, -0.25) is 14.9 Å². The highest BCUT2D eigenvalue weighted by Crippen LogP contribution is 2.15. The van der Waals surface area contributed by atoms with E-state index in [2.05, 4.69) is 5.32 Å². The van der Waals surface area contributed by atoms with Crippen LogP contribution in [0, 0.1) is 5.92 Å². The summed E-state index contributed by atoms with van der Waals surface area (Å²) in [4.78, 5) is 34.7. The van der Waals surface area contributed by atoms with Crippen molar-refractivity contribution in [2.45, 2.75) is 19.9 Å². The summed E-state index contributed by atoms with van der Waals surface area (Å²) >= 11 is 0. The van der Waals surface area contributed by atoms with Gasteiger partial charge in [-0.15, -0.1) is 0 Å². The third-order valence-corrected chi connectivity index (χ3v) is 2.36. The minimum atomic E-state index is -0.734. The molecule has 72 valence electrons. The molecule has 0 aromatic rings. The van der Waals surface area contributed by atoms with Gasteiger partial charge in [-0.1, -0.05) is 0 Å². The predicted molar refractivity (Wildman–Crippen MR) is 44.9 cm³/mol. The maximum absolute atomic E-state index is 11.2. The summed E-state index contributed by atoms with van der Waals surface area (Å²) in [5, 5.41) is 2.12. The molecule has 1 N–H and O–H groups in total. The van der Waals surface area contributed by atoms with Crippen molar-refractivity contribution in [2.24, 2.45) is 5.92 Å². The number of Topliss-reactive ketones (excluding diaryl/α,β-unsaturated/α-hetero) is 1. The molecule has 0 aliphatic carbocycles. The Hall–Kier alpha value is -1.39. The normalized spacial score (nSPS) is 28.7. The van der Waals surface area contributed by atoms with E-state index in [1.807, 2.05) is 0 Å². The van der Waals surface area contributed by atoms with Gasteiger partial charge in [0.1, 0.15) is 11.7 Å². The molecule has 5 heteroatoms. The summed E-state index contributed by atoms with van der Waals surface area (Å²) in [6.07, 6.45) is 0. The predicted octanol–water partition coefficient (Wildman–Crippen LogP) is -0.238. The van der Waals surface area contributed by atoms with Crippen LogP contribution in [-0.2, 0) is 9.59 Å². The summed E-state index contributed by atoms with van der Waals surface area (Å²) in [5.74, 6) is -1.45. The van der Waals surface area contributed by atoms with Crippen molar-refractivity contribution in [1.82, 2.24) is 10.2 Å². The molecule has 0 spiro atoms. The third-order valence-electron chi connectivity index (χ3n) is 2.36. The molecule has 1 heterocycles. The molecule has 0 radical (unpaired) electrons. The Balaban J connectivity index is 2.92. The van der Waals surface area contributed by atoms with Crippen molar-refractivity contribution >= 4 is 17.7 Å². The first-order valence-electron chi connectivity index (χ1n) is 4.03. The van der Waals surface area contributed by atoms with E-state index >= 15 is 0 Å². The number of amides is 3. The third kappa shape index (κ3) is 1.54. The van der Waals surface area contributed by atoms with E-state index in [9.17, 15) is 14.4 Å². The molecule has 0 saturated carbocycles. The van der Waals surface area contributed by atoms with Crippen LogP contribution in [0.4, 0.5) is 4.79 Å². The zero-order valence-corrected chi connectivity index (χ0v) is 7.83. The van der Waals surface area contributed by atoms with Crippen molar-refractivity contribution in [2.75, 3.05) is 7.05 Å². The number of rotatable bonds is 1. The van der Waals surface area contributed by atoms with Crippen LogP contribution >= 0.6 is 0 Å². The molecule has 1 rings (SSSR count). The molecule has 1 aliphatic heterocycles. The highest BCUT2D eigenvalue weighted by Gasteiger charge is 2.39. The number of carbonyl (C=O) groups excluding carboxylic acids is 3.